The highest BCUT2D eigenvalue weighted by Gasteiger charge is 2.11. The number of amides is 1. The van der Waals surface area contributed by atoms with Gasteiger partial charge in [-0.1, -0.05) is 0 Å². The lowest BCUT2D eigenvalue weighted by Crippen LogP contribution is -2.16. The zero-order chi connectivity index (χ0) is 14.5. The first-order valence-corrected chi connectivity index (χ1v) is 5.86. The molecule has 0 fully saturated rings. The van der Waals surface area contributed by atoms with E-state index in [1.54, 1.807) is 25.3 Å². The lowest BCUT2D eigenvalue weighted by Gasteiger charge is -2.11. The van der Waals surface area contributed by atoms with Crippen LogP contribution in [0.2, 0.25) is 0 Å². The van der Waals surface area contributed by atoms with Crippen molar-refractivity contribution in [3.8, 4) is 11.5 Å². The lowest BCUT2D eigenvalue weighted by atomic mass is 10.2. The van der Waals surface area contributed by atoms with Crippen molar-refractivity contribution in [2.75, 3.05) is 19.5 Å². The molecule has 1 amide bonds. The Morgan fingerprint density at radius 1 is 1.15 bits per heavy atom. The van der Waals surface area contributed by atoms with Crippen LogP contribution in [0.5, 0.6) is 11.5 Å². The van der Waals surface area contributed by atoms with Crippen molar-refractivity contribution in [3.05, 3.63) is 52.4 Å². The van der Waals surface area contributed by atoms with Crippen LogP contribution in [0.25, 0.3) is 0 Å². The third-order valence-corrected chi connectivity index (χ3v) is 2.67. The molecule has 2 rings (SSSR count). The largest absolute Gasteiger partial charge is 0.497 e. The van der Waals surface area contributed by atoms with Gasteiger partial charge in [0.1, 0.15) is 17.2 Å². The fourth-order valence-electron chi connectivity index (χ4n) is 1.67. The van der Waals surface area contributed by atoms with Crippen LogP contribution >= 0.6 is 0 Å². The number of aromatic nitrogens is 1. The predicted molar refractivity (Wildman–Crippen MR) is 74.6 cm³/mol. The van der Waals surface area contributed by atoms with Gasteiger partial charge in [0.25, 0.3) is 5.91 Å². The summed E-state index contributed by atoms with van der Waals surface area (Å²) in [4.78, 5) is 25.9. The molecule has 0 aliphatic heterocycles. The van der Waals surface area contributed by atoms with E-state index in [0.717, 1.165) is 0 Å². The van der Waals surface area contributed by atoms with Gasteiger partial charge in [-0.15, -0.1) is 0 Å². The Labute approximate surface area is 115 Å². The average Bonchev–Trinajstić information content (AvgIpc) is 2.47. The summed E-state index contributed by atoms with van der Waals surface area (Å²) < 4.78 is 10.3. The minimum atomic E-state index is -0.425. The van der Waals surface area contributed by atoms with Crippen LogP contribution in [0, 0.1) is 0 Å². The number of rotatable bonds is 4. The van der Waals surface area contributed by atoms with Crippen molar-refractivity contribution >= 4 is 11.6 Å². The van der Waals surface area contributed by atoms with Crippen LogP contribution in [0.3, 0.4) is 0 Å². The number of aromatic amines is 1. The molecule has 0 saturated carbocycles. The highest BCUT2D eigenvalue weighted by molar-refractivity contribution is 6.03. The third kappa shape index (κ3) is 2.97. The van der Waals surface area contributed by atoms with Crippen LogP contribution in [0.4, 0.5) is 5.69 Å². The molecule has 0 bridgehead atoms. The van der Waals surface area contributed by atoms with E-state index in [2.05, 4.69) is 10.3 Å². The maximum atomic E-state index is 12.0. The third-order valence-electron chi connectivity index (χ3n) is 2.67. The molecule has 6 nitrogen and oxygen atoms in total. The minimum Gasteiger partial charge on any atom is -0.497 e. The summed E-state index contributed by atoms with van der Waals surface area (Å²) in [6.07, 6.45) is 1.42. The molecule has 0 radical (unpaired) electrons. The van der Waals surface area contributed by atoms with E-state index in [0.29, 0.717) is 17.2 Å². The lowest BCUT2D eigenvalue weighted by molar-refractivity contribution is 0.102. The number of anilines is 1. The molecule has 1 aromatic carbocycles. The zero-order valence-corrected chi connectivity index (χ0v) is 11.1. The molecule has 2 N–H and O–H groups in total. The van der Waals surface area contributed by atoms with Gasteiger partial charge in [0.05, 0.1) is 19.9 Å². The second kappa shape index (κ2) is 5.92. The quantitative estimate of drug-likeness (QED) is 0.888. The molecule has 0 unspecified atom stereocenters. The fourth-order valence-corrected chi connectivity index (χ4v) is 1.67. The summed E-state index contributed by atoms with van der Waals surface area (Å²) in [6, 6.07) is 7.59. The van der Waals surface area contributed by atoms with E-state index < -0.39 is 5.91 Å². The first-order chi connectivity index (χ1) is 9.63. The summed E-state index contributed by atoms with van der Waals surface area (Å²) in [6.45, 7) is 0. The summed E-state index contributed by atoms with van der Waals surface area (Å²) in [5.74, 6) is 0.662. The number of H-pyrrole nitrogens is 1. The van der Waals surface area contributed by atoms with Crippen molar-refractivity contribution in [1.82, 2.24) is 4.98 Å². The number of nitrogens with one attached hydrogen (secondary N) is 2. The monoisotopic (exact) mass is 274 g/mol. The number of methoxy groups -OCH3 is 2. The standard InChI is InChI=1S/C14H14N2O4/c1-19-10-3-4-11(13(8-10)20-2)16-14(18)12-7-9(17)5-6-15-12/h3-8H,1-2H3,(H,15,17)(H,16,18). The highest BCUT2D eigenvalue weighted by Crippen LogP contribution is 2.29. The van der Waals surface area contributed by atoms with Gasteiger partial charge < -0.3 is 19.8 Å². The summed E-state index contributed by atoms with van der Waals surface area (Å²) in [7, 11) is 3.04. The Hall–Kier alpha value is -2.76. The van der Waals surface area contributed by atoms with Crippen LogP contribution in [-0.2, 0) is 0 Å². The molecule has 1 heterocycles. The number of pyridine rings is 1. The molecule has 0 aliphatic carbocycles. The first-order valence-electron chi connectivity index (χ1n) is 5.86. The Bertz CT molecular complexity index is 679. The smallest absolute Gasteiger partial charge is 0.272 e. The van der Waals surface area contributed by atoms with E-state index in [4.69, 9.17) is 9.47 Å². The molecule has 1 aromatic heterocycles. The van der Waals surface area contributed by atoms with E-state index >= 15 is 0 Å². The van der Waals surface area contributed by atoms with Crippen molar-refractivity contribution in [3.63, 3.8) is 0 Å². The Morgan fingerprint density at radius 3 is 2.60 bits per heavy atom. The maximum absolute atomic E-state index is 12.0. The molecule has 0 spiro atoms. The van der Waals surface area contributed by atoms with Crippen LogP contribution in [0.1, 0.15) is 10.5 Å². The van der Waals surface area contributed by atoms with Crippen molar-refractivity contribution in [1.29, 1.82) is 0 Å². The highest BCUT2D eigenvalue weighted by atomic mass is 16.5. The maximum Gasteiger partial charge on any atom is 0.272 e. The van der Waals surface area contributed by atoms with Crippen LogP contribution in [-0.4, -0.2) is 25.1 Å². The first kappa shape index (κ1) is 13.7. The molecule has 20 heavy (non-hydrogen) atoms. The molecule has 0 saturated heterocycles. The van der Waals surface area contributed by atoms with E-state index in [1.165, 1.54) is 25.4 Å². The van der Waals surface area contributed by atoms with Gasteiger partial charge in [-0.05, 0) is 12.1 Å². The van der Waals surface area contributed by atoms with Gasteiger partial charge in [0, 0.05) is 24.4 Å². The number of carbonyl (C=O) groups is 1. The minimum absolute atomic E-state index is 0.176. The SMILES string of the molecule is COc1ccc(NC(=O)c2cc(=O)cc[nH]2)c(OC)c1. The second-order valence-electron chi connectivity index (χ2n) is 3.96. The number of carbonyl (C=O) groups excluding carboxylic acids is 1. The fraction of sp³-hybridized carbons (Fsp3) is 0.143. The Morgan fingerprint density at radius 2 is 1.95 bits per heavy atom. The zero-order valence-electron chi connectivity index (χ0n) is 11.1. The molecule has 0 aliphatic rings. The summed E-state index contributed by atoms with van der Waals surface area (Å²) >= 11 is 0. The van der Waals surface area contributed by atoms with Crippen molar-refractivity contribution < 1.29 is 14.3 Å². The molecule has 2 aromatic rings. The van der Waals surface area contributed by atoms with Crippen LogP contribution in [0.15, 0.2) is 41.3 Å². The van der Waals surface area contributed by atoms with Gasteiger partial charge in [0.2, 0.25) is 0 Å². The van der Waals surface area contributed by atoms with Gasteiger partial charge in [-0.2, -0.15) is 0 Å². The van der Waals surface area contributed by atoms with E-state index in [-0.39, 0.29) is 11.1 Å². The number of benzene rings is 1. The van der Waals surface area contributed by atoms with Gasteiger partial charge >= 0.3 is 0 Å². The average molecular weight is 274 g/mol. The molecule has 104 valence electrons. The number of ether oxygens (including phenoxy) is 2. The number of hydrogen-bond donors (Lipinski definition) is 2. The second-order valence-corrected chi connectivity index (χ2v) is 3.96. The van der Waals surface area contributed by atoms with E-state index in [9.17, 15) is 9.59 Å². The molecular formula is C14H14N2O4. The number of hydrogen-bond acceptors (Lipinski definition) is 4. The van der Waals surface area contributed by atoms with Crippen LogP contribution < -0.4 is 20.2 Å². The Kier molecular flexibility index (Phi) is 4.05. The predicted octanol–water partition coefficient (Wildman–Crippen LogP) is 1.64. The van der Waals surface area contributed by atoms with Crippen molar-refractivity contribution in [2.45, 2.75) is 0 Å². The summed E-state index contributed by atoms with van der Waals surface area (Å²) in [5, 5.41) is 2.67. The Balaban J connectivity index is 2.25. The molecule has 0 atom stereocenters. The normalized spacial score (nSPS) is 9.90. The van der Waals surface area contributed by atoms with E-state index in [1.807, 2.05) is 0 Å². The summed E-state index contributed by atoms with van der Waals surface area (Å²) in [5.41, 5.74) is 0.425. The molecular weight excluding hydrogens is 260 g/mol. The van der Waals surface area contributed by atoms with Crippen molar-refractivity contribution in [2.24, 2.45) is 0 Å². The van der Waals surface area contributed by atoms with Gasteiger partial charge in [-0.25, -0.2) is 0 Å². The van der Waals surface area contributed by atoms with Gasteiger partial charge in [0.15, 0.2) is 5.43 Å². The molecule has 6 heteroatoms. The van der Waals surface area contributed by atoms with Gasteiger partial charge in [-0.3, -0.25) is 9.59 Å². The topological polar surface area (TPSA) is 80.4 Å².